The van der Waals surface area contributed by atoms with Gasteiger partial charge in [-0.2, -0.15) is 0 Å². The number of methoxy groups -OCH3 is 1. The number of hydrogen-bond acceptors (Lipinski definition) is 4. The summed E-state index contributed by atoms with van der Waals surface area (Å²) >= 11 is 0. The lowest BCUT2D eigenvalue weighted by Gasteiger charge is -2.23. The van der Waals surface area contributed by atoms with Crippen LogP contribution in [0.1, 0.15) is 32.8 Å². The van der Waals surface area contributed by atoms with Crippen LogP contribution in [0.5, 0.6) is 11.5 Å². The van der Waals surface area contributed by atoms with Crippen LogP contribution in [0.3, 0.4) is 0 Å². The third kappa shape index (κ3) is 5.09. The van der Waals surface area contributed by atoms with Gasteiger partial charge in [-0.25, -0.2) is 0 Å². The SMILES string of the molecule is CCCOc1cc(CNC(C)(C)CO)ccc1OC. The maximum Gasteiger partial charge on any atom is 0.161 e. The van der Waals surface area contributed by atoms with Crippen LogP contribution >= 0.6 is 0 Å². The van der Waals surface area contributed by atoms with E-state index in [1.807, 2.05) is 32.0 Å². The first kappa shape index (κ1) is 15.8. The Hall–Kier alpha value is -1.26. The molecule has 1 rings (SSSR count). The van der Waals surface area contributed by atoms with E-state index in [-0.39, 0.29) is 12.1 Å². The first-order chi connectivity index (χ1) is 9.02. The minimum absolute atomic E-state index is 0.0996. The molecule has 0 aliphatic rings. The molecular formula is C15H25NO3. The van der Waals surface area contributed by atoms with Gasteiger partial charge in [0, 0.05) is 12.1 Å². The molecule has 0 heterocycles. The Bertz CT molecular complexity index is 391. The molecule has 0 aromatic heterocycles. The van der Waals surface area contributed by atoms with Crippen LogP contribution in [0.15, 0.2) is 18.2 Å². The number of aliphatic hydroxyl groups excluding tert-OH is 1. The number of rotatable bonds is 8. The van der Waals surface area contributed by atoms with Crippen molar-refractivity contribution in [3.8, 4) is 11.5 Å². The predicted molar refractivity (Wildman–Crippen MR) is 76.8 cm³/mol. The van der Waals surface area contributed by atoms with Crippen LogP contribution in [0, 0.1) is 0 Å². The second-order valence-electron chi connectivity index (χ2n) is 5.23. The summed E-state index contributed by atoms with van der Waals surface area (Å²) in [5, 5.41) is 12.5. The molecule has 4 nitrogen and oxygen atoms in total. The zero-order valence-electron chi connectivity index (χ0n) is 12.3. The van der Waals surface area contributed by atoms with Crippen molar-refractivity contribution in [3.63, 3.8) is 0 Å². The van der Waals surface area contributed by atoms with E-state index in [0.29, 0.717) is 13.2 Å². The maximum atomic E-state index is 9.22. The van der Waals surface area contributed by atoms with Crippen molar-refractivity contribution in [2.45, 2.75) is 39.3 Å². The van der Waals surface area contributed by atoms with Crippen LogP contribution < -0.4 is 14.8 Å². The first-order valence-electron chi connectivity index (χ1n) is 6.68. The molecule has 0 saturated heterocycles. The van der Waals surface area contributed by atoms with E-state index in [4.69, 9.17) is 9.47 Å². The van der Waals surface area contributed by atoms with Crippen molar-refractivity contribution in [1.29, 1.82) is 0 Å². The third-order valence-electron chi connectivity index (χ3n) is 2.86. The molecule has 108 valence electrons. The van der Waals surface area contributed by atoms with Gasteiger partial charge in [0.05, 0.1) is 20.3 Å². The van der Waals surface area contributed by atoms with Crippen molar-refractivity contribution in [2.24, 2.45) is 0 Å². The number of hydrogen-bond donors (Lipinski definition) is 2. The van der Waals surface area contributed by atoms with E-state index < -0.39 is 0 Å². The molecule has 4 heteroatoms. The number of ether oxygens (including phenoxy) is 2. The highest BCUT2D eigenvalue weighted by Gasteiger charge is 2.15. The van der Waals surface area contributed by atoms with Crippen molar-refractivity contribution in [1.82, 2.24) is 5.32 Å². The van der Waals surface area contributed by atoms with Gasteiger partial charge in [-0.3, -0.25) is 0 Å². The second kappa shape index (κ2) is 7.36. The lowest BCUT2D eigenvalue weighted by atomic mass is 10.1. The quantitative estimate of drug-likeness (QED) is 0.759. The smallest absolute Gasteiger partial charge is 0.161 e. The normalized spacial score (nSPS) is 11.4. The van der Waals surface area contributed by atoms with Gasteiger partial charge in [0.1, 0.15) is 0 Å². The highest BCUT2D eigenvalue weighted by molar-refractivity contribution is 5.43. The van der Waals surface area contributed by atoms with Gasteiger partial charge in [0.25, 0.3) is 0 Å². The molecule has 0 atom stereocenters. The molecule has 0 radical (unpaired) electrons. The molecule has 1 aromatic rings. The molecule has 1 aromatic carbocycles. The average molecular weight is 267 g/mol. The Kier molecular flexibility index (Phi) is 6.12. The van der Waals surface area contributed by atoms with Crippen molar-refractivity contribution in [2.75, 3.05) is 20.3 Å². The molecule has 0 spiro atoms. The molecule has 0 bridgehead atoms. The molecule has 19 heavy (non-hydrogen) atoms. The Morgan fingerprint density at radius 3 is 2.58 bits per heavy atom. The summed E-state index contributed by atoms with van der Waals surface area (Å²) in [4.78, 5) is 0. The number of aliphatic hydroxyl groups is 1. The van der Waals surface area contributed by atoms with Gasteiger partial charge in [0.2, 0.25) is 0 Å². The molecule has 0 unspecified atom stereocenters. The Morgan fingerprint density at radius 1 is 1.26 bits per heavy atom. The standard InChI is InChI=1S/C15H25NO3/c1-5-8-19-14-9-12(6-7-13(14)18-4)10-16-15(2,3)11-17/h6-7,9,16-17H,5,8,10-11H2,1-4H3. The minimum Gasteiger partial charge on any atom is -0.493 e. The van der Waals surface area contributed by atoms with E-state index >= 15 is 0 Å². The highest BCUT2D eigenvalue weighted by atomic mass is 16.5. The van der Waals surface area contributed by atoms with E-state index in [9.17, 15) is 5.11 Å². The predicted octanol–water partition coefficient (Wildman–Crippen LogP) is 2.34. The summed E-state index contributed by atoms with van der Waals surface area (Å²) in [6.07, 6.45) is 0.961. The van der Waals surface area contributed by atoms with Gasteiger partial charge < -0.3 is 19.9 Å². The fraction of sp³-hybridized carbons (Fsp3) is 0.600. The van der Waals surface area contributed by atoms with Gasteiger partial charge in [-0.05, 0) is 38.0 Å². The van der Waals surface area contributed by atoms with Crippen LogP contribution in [0.4, 0.5) is 0 Å². The molecule has 0 fully saturated rings. The molecule has 2 N–H and O–H groups in total. The first-order valence-corrected chi connectivity index (χ1v) is 6.68. The zero-order valence-corrected chi connectivity index (χ0v) is 12.3. The second-order valence-corrected chi connectivity index (χ2v) is 5.23. The zero-order chi connectivity index (χ0) is 14.3. The van der Waals surface area contributed by atoms with Crippen LogP contribution in [0.25, 0.3) is 0 Å². The van der Waals surface area contributed by atoms with E-state index in [1.165, 1.54) is 0 Å². The fourth-order valence-electron chi connectivity index (χ4n) is 1.55. The molecular weight excluding hydrogens is 242 g/mol. The van der Waals surface area contributed by atoms with E-state index in [2.05, 4.69) is 12.2 Å². The lowest BCUT2D eigenvalue weighted by molar-refractivity contribution is 0.187. The Labute approximate surface area is 115 Å². The van der Waals surface area contributed by atoms with Crippen LogP contribution in [0.2, 0.25) is 0 Å². The van der Waals surface area contributed by atoms with Crippen molar-refractivity contribution < 1.29 is 14.6 Å². The summed E-state index contributed by atoms with van der Waals surface area (Å²) in [6, 6.07) is 5.89. The molecule has 0 aliphatic carbocycles. The summed E-state index contributed by atoms with van der Waals surface area (Å²) in [6.45, 7) is 7.45. The van der Waals surface area contributed by atoms with Gasteiger partial charge >= 0.3 is 0 Å². The summed E-state index contributed by atoms with van der Waals surface area (Å²) in [7, 11) is 1.64. The maximum absolute atomic E-state index is 9.22. The topological polar surface area (TPSA) is 50.7 Å². The minimum atomic E-state index is -0.287. The monoisotopic (exact) mass is 267 g/mol. The molecule has 0 saturated carbocycles. The average Bonchev–Trinajstić information content (AvgIpc) is 2.43. The fourth-order valence-corrected chi connectivity index (χ4v) is 1.55. The third-order valence-corrected chi connectivity index (χ3v) is 2.86. The van der Waals surface area contributed by atoms with Crippen molar-refractivity contribution in [3.05, 3.63) is 23.8 Å². The summed E-state index contributed by atoms with van der Waals surface area (Å²) < 4.78 is 11.0. The van der Waals surface area contributed by atoms with Crippen LogP contribution in [-0.4, -0.2) is 31.0 Å². The Morgan fingerprint density at radius 2 is 2.00 bits per heavy atom. The summed E-state index contributed by atoms with van der Waals surface area (Å²) in [5.74, 6) is 1.52. The van der Waals surface area contributed by atoms with Crippen LogP contribution in [-0.2, 0) is 6.54 Å². The lowest BCUT2D eigenvalue weighted by Crippen LogP contribution is -2.42. The van der Waals surface area contributed by atoms with E-state index in [1.54, 1.807) is 7.11 Å². The van der Waals surface area contributed by atoms with Gasteiger partial charge in [-0.15, -0.1) is 0 Å². The molecule has 0 aliphatic heterocycles. The van der Waals surface area contributed by atoms with E-state index in [0.717, 1.165) is 23.5 Å². The van der Waals surface area contributed by atoms with Gasteiger partial charge in [0.15, 0.2) is 11.5 Å². The number of benzene rings is 1. The number of nitrogens with one attached hydrogen (secondary N) is 1. The summed E-state index contributed by atoms with van der Waals surface area (Å²) in [5.41, 5.74) is 0.818. The highest BCUT2D eigenvalue weighted by Crippen LogP contribution is 2.28. The Balaban J connectivity index is 2.74. The molecule has 0 amide bonds. The van der Waals surface area contributed by atoms with Gasteiger partial charge in [-0.1, -0.05) is 13.0 Å². The largest absolute Gasteiger partial charge is 0.493 e. The van der Waals surface area contributed by atoms with Crippen molar-refractivity contribution >= 4 is 0 Å².